The van der Waals surface area contributed by atoms with Crippen molar-refractivity contribution < 1.29 is 4.79 Å². The Hall–Kier alpha value is -1.55. The van der Waals surface area contributed by atoms with Gasteiger partial charge in [-0.05, 0) is 17.5 Å². The van der Waals surface area contributed by atoms with Crippen LogP contribution in [0.25, 0.3) is 0 Å². The molecule has 0 spiro atoms. The number of urea groups is 1. The quantitative estimate of drug-likeness (QED) is 0.899. The summed E-state index contributed by atoms with van der Waals surface area (Å²) in [6.45, 7) is 6.22. The molecule has 1 saturated heterocycles. The maximum atomic E-state index is 12.2. The molecular formula is C15H23N3O. The van der Waals surface area contributed by atoms with Crippen molar-refractivity contribution in [1.82, 2.24) is 15.1 Å². The molecule has 1 heterocycles. The SMILES string of the molecule is CCc1ccc(CN(C)C(=O)N2CCNCC2)cc1. The molecule has 104 valence electrons. The number of benzene rings is 1. The number of hydrogen-bond acceptors (Lipinski definition) is 2. The highest BCUT2D eigenvalue weighted by atomic mass is 16.2. The third-order valence-corrected chi connectivity index (χ3v) is 3.57. The number of nitrogens with zero attached hydrogens (tertiary/aromatic N) is 2. The number of nitrogens with one attached hydrogen (secondary N) is 1. The highest BCUT2D eigenvalue weighted by Gasteiger charge is 2.19. The van der Waals surface area contributed by atoms with Gasteiger partial charge in [-0.15, -0.1) is 0 Å². The summed E-state index contributed by atoms with van der Waals surface area (Å²) >= 11 is 0. The Morgan fingerprint density at radius 1 is 1.21 bits per heavy atom. The molecule has 0 bridgehead atoms. The molecule has 1 N–H and O–H groups in total. The molecular weight excluding hydrogens is 238 g/mol. The van der Waals surface area contributed by atoms with Gasteiger partial charge in [0.25, 0.3) is 0 Å². The van der Waals surface area contributed by atoms with Crippen molar-refractivity contribution >= 4 is 6.03 Å². The van der Waals surface area contributed by atoms with Crippen molar-refractivity contribution in [2.24, 2.45) is 0 Å². The highest BCUT2D eigenvalue weighted by molar-refractivity contribution is 5.74. The standard InChI is InChI=1S/C15H23N3O/c1-3-13-4-6-14(7-5-13)12-17(2)15(19)18-10-8-16-9-11-18/h4-7,16H,3,8-12H2,1-2H3. The third-order valence-electron chi connectivity index (χ3n) is 3.57. The van der Waals surface area contributed by atoms with Crippen molar-refractivity contribution in [3.8, 4) is 0 Å². The highest BCUT2D eigenvalue weighted by Crippen LogP contribution is 2.09. The molecule has 4 nitrogen and oxygen atoms in total. The molecule has 1 fully saturated rings. The molecule has 0 radical (unpaired) electrons. The molecule has 1 aliphatic heterocycles. The molecule has 0 atom stereocenters. The van der Waals surface area contributed by atoms with Crippen molar-refractivity contribution in [2.75, 3.05) is 33.2 Å². The van der Waals surface area contributed by atoms with Crippen LogP contribution in [0.15, 0.2) is 24.3 Å². The Morgan fingerprint density at radius 3 is 2.37 bits per heavy atom. The van der Waals surface area contributed by atoms with Gasteiger partial charge < -0.3 is 15.1 Å². The Bertz CT molecular complexity index is 410. The van der Waals surface area contributed by atoms with E-state index >= 15 is 0 Å². The van der Waals surface area contributed by atoms with Crippen molar-refractivity contribution in [3.63, 3.8) is 0 Å². The van der Waals surface area contributed by atoms with E-state index in [0.29, 0.717) is 6.54 Å². The van der Waals surface area contributed by atoms with Gasteiger partial charge in [-0.1, -0.05) is 31.2 Å². The van der Waals surface area contributed by atoms with E-state index in [1.807, 2.05) is 11.9 Å². The summed E-state index contributed by atoms with van der Waals surface area (Å²) in [5.74, 6) is 0. The van der Waals surface area contributed by atoms with E-state index in [2.05, 4.69) is 36.5 Å². The van der Waals surface area contributed by atoms with Crippen LogP contribution in [0.4, 0.5) is 4.79 Å². The molecule has 1 aliphatic rings. The molecule has 0 saturated carbocycles. The number of aryl methyl sites for hydroxylation is 1. The van der Waals surface area contributed by atoms with Gasteiger partial charge in [0.05, 0.1) is 0 Å². The molecule has 4 heteroatoms. The fourth-order valence-electron chi connectivity index (χ4n) is 2.32. The van der Waals surface area contributed by atoms with Crippen LogP contribution < -0.4 is 5.32 Å². The second kappa shape index (κ2) is 6.57. The molecule has 19 heavy (non-hydrogen) atoms. The lowest BCUT2D eigenvalue weighted by Crippen LogP contribution is -2.50. The fraction of sp³-hybridized carbons (Fsp3) is 0.533. The lowest BCUT2D eigenvalue weighted by Gasteiger charge is -2.31. The van der Waals surface area contributed by atoms with Gasteiger partial charge in [-0.3, -0.25) is 0 Å². The van der Waals surface area contributed by atoms with E-state index in [-0.39, 0.29) is 6.03 Å². The zero-order valence-corrected chi connectivity index (χ0v) is 11.9. The van der Waals surface area contributed by atoms with Crippen LogP contribution in [0.2, 0.25) is 0 Å². The van der Waals surface area contributed by atoms with Crippen molar-refractivity contribution in [1.29, 1.82) is 0 Å². The smallest absolute Gasteiger partial charge is 0.320 e. The summed E-state index contributed by atoms with van der Waals surface area (Å²) < 4.78 is 0. The Balaban J connectivity index is 1.91. The van der Waals surface area contributed by atoms with Crippen LogP contribution in [-0.4, -0.2) is 49.1 Å². The molecule has 0 unspecified atom stereocenters. The predicted molar refractivity (Wildman–Crippen MR) is 77.1 cm³/mol. The van der Waals surface area contributed by atoms with Crippen LogP contribution in [0, 0.1) is 0 Å². The van der Waals surface area contributed by atoms with E-state index in [1.54, 1.807) is 4.90 Å². The molecule has 2 amide bonds. The average molecular weight is 261 g/mol. The Morgan fingerprint density at radius 2 is 1.79 bits per heavy atom. The first-order valence-electron chi connectivity index (χ1n) is 6.99. The number of hydrogen-bond donors (Lipinski definition) is 1. The summed E-state index contributed by atoms with van der Waals surface area (Å²) in [4.78, 5) is 16.0. The number of rotatable bonds is 3. The normalized spacial score (nSPS) is 15.4. The second-order valence-electron chi connectivity index (χ2n) is 5.05. The van der Waals surface area contributed by atoms with Gasteiger partial charge in [0, 0.05) is 39.8 Å². The fourth-order valence-corrected chi connectivity index (χ4v) is 2.32. The van der Waals surface area contributed by atoms with Crippen LogP contribution in [0.5, 0.6) is 0 Å². The topological polar surface area (TPSA) is 35.6 Å². The Kier molecular flexibility index (Phi) is 4.80. The summed E-state index contributed by atoms with van der Waals surface area (Å²) in [6, 6.07) is 8.62. The predicted octanol–water partition coefficient (Wildman–Crippen LogP) is 1.71. The van der Waals surface area contributed by atoms with Gasteiger partial charge in [-0.25, -0.2) is 4.79 Å². The van der Waals surface area contributed by atoms with E-state index in [0.717, 1.165) is 32.6 Å². The first-order chi connectivity index (χ1) is 9.20. The van der Waals surface area contributed by atoms with Gasteiger partial charge in [0.15, 0.2) is 0 Å². The first kappa shape index (κ1) is 13.9. The van der Waals surface area contributed by atoms with Crippen LogP contribution in [0.3, 0.4) is 0 Å². The Labute approximate surface area is 115 Å². The number of carbonyl (C=O) groups excluding carboxylic acids is 1. The summed E-state index contributed by atoms with van der Waals surface area (Å²) in [5.41, 5.74) is 2.52. The monoisotopic (exact) mass is 261 g/mol. The minimum absolute atomic E-state index is 0.126. The van der Waals surface area contributed by atoms with Crippen LogP contribution in [-0.2, 0) is 13.0 Å². The van der Waals surface area contributed by atoms with Gasteiger partial charge in [0.1, 0.15) is 0 Å². The van der Waals surface area contributed by atoms with E-state index < -0.39 is 0 Å². The van der Waals surface area contributed by atoms with Crippen LogP contribution >= 0.6 is 0 Å². The molecule has 0 aliphatic carbocycles. The zero-order valence-electron chi connectivity index (χ0n) is 11.9. The van der Waals surface area contributed by atoms with E-state index in [1.165, 1.54) is 11.1 Å². The molecule has 1 aromatic carbocycles. The summed E-state index contributed by atoms with van der Waals surface area (Å²) in [6.07, 6.45) is 1.05. The maximum Gasteiger partial charge on any atom is 0.320 e. The number of amides is 2. The molecule has 0 aromatic heterocycles. The van der Waals surface area contributed by atoms with Crippen molar-refractivity contribution in [3.05, 3.63) is 35.4 Å². The number of carbonyl (C=O) groups is 1. The van der Waals surface area contributed by atoms with Crippen molar-refractivity contribution in [2.45, 2.75) is 19.9 Å². The van der Waals surface area contributed by atoms with Crippen LogP contribution in [0.1, 0.15) is 18.1 Å². The maximum absolute atomic E-state index is 12.2. The average Bonchev–Trinajstić information content (AvgIpc) is 2.48. The van der Waals surface area contributed by atoms with E-state index in [9.17, 15) is 4.79 Å². The largest absolute Gasteiger partial charge is 0.323 e. The first-order valence-corrected chi connectivity index (χ1v) is 6.99. The molecule has 2 rings (SSSR count). The number of piperazine rings is 1. The van der Waals surface area contributed by atoms with E-state index in [4.69, 9.17) is 0 Å². The zero-order chi connectivity index (χ0) is 13.7. The summed E-state index contributed by atoms with van der Waals surface area (Å²) in [7, 11) is 1.87. The lowest BCUT2D eigenvalue weighted by molar-refractivity contribution is 0.154. The summed E-state index contributed by atoms with van der Waals surface area (Å²) in [5, 5.41) is 3.26. The minimum Gasteiger partial charge on any atom is -0.323 e. The van der Waals surface area contributed by atoms with Gasteiger partial charge in [-0.2, -0.15) is 0 Å². The minimum atomic E-state index is 0.126. The molecule has 1 aromatic rings. The second-order valence-corrected chi connectivity index (χ2v) is 5.05. The lowest BCUT2D eigenvalue weighted by atomic mass is 10.1. The van der Waals surface area contributed by atoms with Gasteiger partial charge >= 0.3 is 6.03 Å². The van der Waals surface area contributed by atoms with Gasteiger partial charge in [0.2, 0.25) is 0 Å². The third kappa shape index (κ3) is 3.70.